The SMILES string of the molecule is CCNC(=O)N1CCCN(c2nc(C3CC3)nc3c2cnn3-c2ccc(C)cc2)CC1. The van der Waals surface area contributed by atoms with Crippen LogP contribution in [-0.2, 0) is 0 Å². The zero-order chi connectivity index (χ0) is 21.4. The van der Waals surface area contributed by atoms with E-state index in [1.54, 1.807) is 0 Å². The molecule has 2 aliphatic rings. The highest BCUT2D eigenvalue weighted by Crippen LogP contribution is 2.40. The number of hydrogen-bond acceptors (Lipinski definition) is 5. The van der Waals surface area contributed by atoms with E-state index in [2.05, 4.69) is 46.5 Å². The van der Waals surface area contributed by atoms with Crippen LogP contribution in [0, 0.1) is 6.92 Å². The molecule has 5 rings (SSSR count). The van der Waals surface area contributed by atoms with Gasteiger partial charge in [-0.2, -0.15) is 5.10 Å². The molecule has 3 aromatic rings. The normalized spacial score (nSPS) is 17.1. The third kappa shape index (κ3) is 3.94. The van der Waals surface area contributed by atoms with Gasteiger partial charge in [0.25, 0.3) is 0 Å². The molecule has 1 N–H and O–H groups in total. The summed E-state index contributed by atoms with van der Waals surface area (Å²) in [5, 5.41) is 8.56. The Labute approximate surface area is 182 Å². The van der Waals surface area contributed by atoms with Crippen LogP contribution < -0.4 is 10.2 Å². The summed E-state index contributed by atoms with van der Waals surface area (Å²) in [5.41, 5.74) is 3.08. The molecule has 1 saturated heterocycles. The fraction of sp³-hybridized carbons (Fsp3) is 0.478. The summed E-state index contributed by atoms with van der Waals surface area (Å²) in [6.45, 7) is 7.74. The van der Waals surface area contributed by atoms with Gasteiger partial charge in [0.15, 0.2) is 5.65 Å². The lowest BCUT2D eigenvalue weighted by molar-refractivity contribution is 0.202. The zero-order valence-electron chi connectivity index (χ0n) is 18.2. The largest absolute Gasteiger partial charge is 0.354 e. The number of aryl methyl sites for hydroxylation is 1. The number of carbonyl (C=O) groups is 1. The Bertz CT molecular complexity index is 1090. The highest BCUT2D eigenvalue weighted by atomic mass is 16.2. The summed E-state index contributed by atoms with van der Waals surface area (Å²) >= 11 is 0. The summed E-state index contributed by atoms with van der Waals surface area (Å²) < 4.78 is 1.92. The van der Waals surface area contributed by atoms with Crippen molar-refractivity contribution >= 4 is 22.9 Å². The second-order valence-corrected chi connectivity index (χ2v) is 8.47. The fourth-order valence-electron chi connectivity index (χ4n) is 4.14. The van der Waals surface area contributed by atoms with Gasteiger partial charge in [0, 0.05) is 38.6 Å². The Morgan fingerprint density at radius 2 is 1.90 bits per heavy atom. The molecule has 1 aromatic carbocycles. The van der Waals surface area contributed by atoms with Gasteiger partial charge in [-0.05, 0) is 45.2 Å². The van der Waals surface area contributed by atoms with Gasteiger partial charge in [-0.25, -0.2) is 19.4 Å². The fourth-order valence-corrected chi connectivity index (χ4v) is 4.14. The quantitative estimate of drug-likeness (QED) is 0.702. The molecule has 162 valence electrons. The number of aromatic nitrogens is 4. The van der Waals surface area contributed by atoms with Gasteiger partial charge in [0.1, 0.15) is 11.6 Å². The maximum atomic E-state index is 12.3. The molecule has 0 spiro atoms. The third-order valence-corrected chi connectivity index (χ3v) is 6.06. The maximum Gasteiger partial charge on any atom is 0.317 e. The van der Waals surface area contributed by atoms with Crippen molar-refractivity contribution in [3.05, 3.63) is 41.9 Å². The maximum absolute atomic E-state index is 12.3. The molecule has 0 bridgehead atoms. The number of amides is 2. The van der Waals surface area contributed by atoms with Crippen molar-refractivity contribution in [1.82, 2.24) is 30.0 Å². The Morgan fingerprint density at radius 1 is 1.10 bits per heavy atom. The molecule has 31 heavy (non-hydrogen) atoms. The molecule has 8 heteroatoms. The minimum absolute atomic E-state index is 0.0167. The van der Waals surface area contributed by atoms with Crippen LogP contribution in [0.25, 0.3) is 16.7 Å². The van der Waals surface area contributed by atoms with Crippen molar-refractivity contribution in [2.45, 2.75) is 39.0 Å². The van der Waals surface area contributed by atoms with Crippen LogP contribution in [0.1, 0.15) is 43.5 Å². The number of anilines is 1. The molecule has 8 nitrogen and oxygen atoms in total. The van der Waals surface area contributed by atoms with Gasteiger partial charge in [-0.1, -0.05) is 17.7 Å². The summed E-state index contributed by atoms with van der Waals surface area (Å²) in [7, 11) is 0. The first kappa shape index (κ1) is 19.8. The van der Waals surface area contributed by atoms with Gasteiger partial charge in [0.05, 0.1) is 17.3 Å². The highest BCUT2D eigenvalue weighted by molar-refractivity contribution is 5.88. The van der Waals surface area contributed by atoms with Gasteiger partial charge < -0.3 is 15.1 Å². The lowest BCUT2D eigenvalue weighted by atomic mass is 10.2. The molecule has 2 amide bonds. The minimum Gasteiger partial charge on any atom is -0.354 e. The summed E-state index contributed by atoms with van der Waals surface area (Å²) in [5.74, 6) is 2.31. The molecule has 0 radical (unpaired) electrons. The van der Waals surface area contributed by atoms with E-state index in [9.17, 15) is 4.79 Å². The zero-order valence-corrected chi connectivity index (χ0v) is 18.2. The Balaban J connectivity index is 1.51. The van der Waals surface area contributed by atoms with Gasteiger partial charge >= 0.3 is 6.03 Å². The van der Waals surface area contributed by atoms with Crippen LogP contribution in [0.2, 0.25) is 0 Å². The first-order valence-electron chi connectivity index (χ1n) is 11.2. The Hall–Kier alpha value is -3.16. The second kappa shape index (κ2) is 8.17. The summed E-state index contributed by atoms with van der Waals surface area (Å²) in [6.07, 6.45) is 5.09. The van der Waals surface area contributed by atoms with Crippen molar-refractivity contribution in [3.8, 4) is 5.69 Å². The minimum atomic E-state index is 0.0167. The van der Waals surface area contributed by atoms with E-state index in [-0.39, 0.29) is 6.03 Å². The molecule has 0 unspecified atom stereocenters. The first-order chi connectivity index (χ1) is 15.1. The van der Waals surface area contributed by atoms with E-state index >= 15 is 0 Å². The van der Waals surface area contributed by atoms with Gasteiger partial charge in [-0.3, -0.25) is 0 Å². The van der Waals surface area contributed by atoms with E-state index in [0.717, 1.165) is 67.3 Å². The third-order valence-electron chi connectivity index (χ3n) is 6.06. The molecule has 1 saturated carbocycles. The van der Waals surface area contributed by atoms with E-state index in [4.69, 9.17) is 9.97 Å². The summed E-state index contributed by atoms with van der Waals surface area (Å²) in [6, 6.07) is 8.37. The average molecular weight is 420 g/mol. The monoisotopic (exact) mass is 419 g/mol. The van der Waals surface area contributed by atoms with E-state index < -0.39 is 0 Å². The lowest BCUT2D eigenvalue weighted by Gasteiger charge is -2.23. The standard InChI is InChI=1S/C23H29N7O/c1-3-24-23(31)29-12-4-11-28(13-14-29)21-19-15-25-30(18-9-5-16(2)6-10-18)22(19)27-20(26-21)17-7-8-17/h5-6,9-10,15,17H,3-4,7-8,11-14H2,1-2H3,(H,24,31). The van der Waals surface area contributed by atoms with E-state index in [1.807, 2.05) is 22.7 Å². The van der Waals surface area contributed by atoms with Crippen LogP contribution in [0.4, 0.5) is 10.6 Å². The van der Waals surface area contributed by atoms with Crippen molar-refractivity contribution < 1.29 is 4.79 Å². The van der Waals surface area contributed by atoms with Crippen molar-refractivity contribution in [3.63, 3.8) is 0 Å². The van der Waals surface area contributed by atoms with E-state index in [0.29, 0.717) is 19.0 Å². The van der Waals surface area contributed by atoms with E-state index in [1.165, 1.54) is 5.56 Å². The molecule has 1 aliphatic heterocycles. The van der Waals surface area contributed by atoms with Gasteiger partial charge in [-0.15, -0.1) is 0 Å². The predicted octanol–water partition coefficient (Wildman–Crippen LogP) is 3.24. The number of carbonyl (C=O) groups excluding carboxylic acids is 1. The van der Waals surface area contributed by atoms with Crippen LogP contribution in [0.3, 0.4) is 0 Å². The van der Waals surface area contributed by atoms with Gasteiger partial charge in [0.2, 0.25) is 0 Å². The van der Waals surface area contributed by atoms with Crippen molar-refractivity contribution in [1.29, 1.82) is 0 Å². The van der Waals surface area contributed by atoms with Crippen LogP contribution in [-0.4, -0.2) is 63.4 Å². The number of hydrogen-bond donors (Lipinski definition) is 1. The first-order valence-corrected chi connectivity index (χ1v) is 11.2. The number of urea groups is 1. The molecule has 2 aromatic heterocycles. The van der Waals surface area contributed by atoms with Crippen molar-refractivity contribution in [2.75, 3.05) is 37.6 Å². The highest BCUT2D eigenvalue weighted by Gasteiger charge is 2.30. The molecule has 2 fully saturated rings. The lowest BCUT2D eigenvalue weighted by Crippen LogP contribution is -2.42. The number of benzene rings is 1. The molecular formula is C23H29N7O. The molecule has 0 atom stereocenters. The predicted molar refractivity (Wildman–Crippen MR) is 121 cm³/mol. The van der Waals surface area contributed by atoms with Crippen LogP contribution >= 0.6 is 0 Å². The number of nitrogens with zero attached hydrogens (tertiary/aromatic N) is 6. The molecule has 3 heterocycles. The number of fused-ring (bicyclic) bond motifs is 1. The topological polar surface area (TPSA) is 79.2 Å². The van der Waals surface area contributed by atoms with Crippen LogP contribution in [0.15, 0.2) is 30.5 Å². The Kier molecular flexibility index (Phi) is 5.21. The number of rotatable bonds is 4. The molecular weight excluding hydrogens is 390 g/mol. The van der Waals surface area contributed by atoms with Crippen LogP contribution in [0.5, 0.6) is 0 Å². The molecule has 1 aliphatic carbocycles. The van der Waals surface area contributed by atoms with Crippen molar-refractivity contribution in [2.24, 2.45) is 0 Å². The smallest absolute Gasteiger partial charge is 0.317 e. The second-order valence-electron chi connectivity index (χ2n) is 8.47. The average Bonchev–Trinajstić information content (AvgIpc) is 3.57. The number of nitrogens with one attached hydrogen (secondary N) is 1. The Morgan fingerprint density at radius 3 is 2.65 bits per heavy atom. The summed E-state index contributed by atoms with van der Waals surface area (Å²) in [4.78, 5) is 26.4.